The minimum absolute atomic E-state index is 0.0135. The normalized spacial score (nSPS) is 41.2. The van der Waals surface area contributed by atoms with Crippen LogP contribution >= 0.6 is 11.8 Å². The van der Waals surface area contributed by atoms with Crippen LogP contribution in [0.3, 0.4) is 0 Å². The van der Waals surface area contributed by atoms with E-state index in [-0.39, 0.29) is 6.10 Å². The number of aliphatic hydroxyl groups excluding tert-OH is 1. The summed E-state index contributed by atoms with van der Waals surface area (Å²) >= 11 is 2.07. The van der Waals surface area contributed by atoms with Gasteiger partial charge in [0.2, 0.25) is 0 Å². The van der Waals surface area contributed by atoms with E-state index < -0.39 is 0 Å². The smallest absolute Gasteiger partial charge is 0.0570 e. The van der Waals surface area contributed by atoms with Gasteiger partial charge in [0, 0.05) is 6.04 Å². The fourth-order valence-corrected chi connectivity index (χ4v) is 3.12. The van der Waals surface area contributed by atoms with Crippen molar-refractivity contribution in [3.63, 3.8) is 0 Å². The van der Waals surface area contributed by atoms with Crippen molar-refractivity contribution < 1.29 is 5.11 Å². The first-order valence-corrected chi connectivity index (χ1v) is 5.99. The number of hydrogen-bond donors (Lipinski definition) is 2. The van der Waals surface area contributed by atoms with E-state index in [1.54, 1.807) is 0 Å². The van der Waals surface area contributed by atoms with E-state index in [0.717, 1.165) is 18.8 Å². The third kappa shape index (κ3) is 2.15. The van der Waals surface area contributed by atoms with E-state index in [0.29, 0.717) is 6.04 Å². The van der Waals surface area contributed by atoms with Gasteiger partial charge in [0.05, 0.1) is 6.10 Å². The molecule has 0 amide bonds. The van der Waals surface area contributed by atoms with E-state index in [2.05, 4.69) is 17.1 Å². The van der Waals surface area contributed by atoms with Crippen molar-refractivity contribution >= 4 is 11.8 Å². The Morgan fingerprint density at radius 3 is 2.83 bits per heavy atom. The van der Waals surface area contributed by atoms with Crippen LogP contribution in [0.5, 0.6) is 0 Å². The molecule has 0 spiro atoms. The van der Waals surface area contributed by atoms with Crippen LogP contribution in [-0.4, -0.2) is 35.3 Å². The maximum atomic E-state index is 9.07. The SMILES string of the molecule is OC1CC(NCC2CCSC2)C1. The molecule has 2 nitrogen and oxygen atoms in total. The van der Waals surface area contributed by atoms with Crippen molar-refractivity contribution in [2.75, 3.05) is 18.1 Å². The van der Waals surface area contributed by atoms with Gasteiger partial charge in [-0.05, 0) is 43.2 Å². The van der Waals surface area contributed by atoms with Crippen molar-refractivity contribution in [2.24, 2.45) is 5.92 Å². The van der Waals surface area contributed by atoms with E-state index in [1.165, 1.54) is 24.5 Å². The minimum atomic E-state index is -0.0135. The molecule has 70 valence electrons. The molecule has 2 fully saturated rings. The molecule has 1 saturated heterocycles. The van der Waals surface area contributed by atoms with Crippen LogP contribution in [0.2, 0.25) is 0 Å². The van der Waals surface area contributed by atoms with E-state index >= 15 is 0 Å². The first kappa shape index (κ1) is 8.85. The van der Waals surface area contributed by atoms with E-state index in [1.807, 2.05) is 0 Å². The van der Waals surface area contributed by atoms with Crippen molar-refractivity contribution in [1.82, 2.24) is 5.32 Å². The second-order valence-electron chi connectivity index (χ2n) is 3.96. The third-order valence-corrected chi connectivity index (χ3v) is 4.06. The predicted octanol–water partition coefficient (Wildman–Crippen LogP) is 0.852. The topological polar surface area (TPSA) is 32.3 Å². The Kier molecular flexibility index (Phi) is 2.94. The molecular formula is C9H17NOS. The minimum Gasteiger partial charge on any atom is -0.393 e. The monoisotopic (exact) mass is 187 g/mol. The standard InChI is InChI=1S/C9H17NOS/c11-9-3-8(4-9)10-5-7-1-2-12-6-7/h7-11H,1-6H2. The highest BCUT2D eigenvalue weighted by Gasteiger charge is 2.27. The lowest BCUT2D eigenvalue weighted by molar-refractivity contribution is 0.0613. The summed E-state index contributed by atoms with van der Waals surface area (Å²) in [6.45, 7) is 1.17. The highest BCUT2D eigenvalue weighted by molar-refractivity contribution is 7.99. The molecule has 0 bridgehead atoms. The van der Waals surface area contributed by atoms with Gasteiger partial charge in [-0.25, -0.2) is 0 Å². The van der Waals surface area contributed by atoms with Crippen molar-refractivity contribution in [1.29, 1.82) is 0 Å². The maximum Gasteiger partial charge on any atom is 0.0570 e. The quantitative estimate of drug-likeness (QED) is 0.687. The van der Waals surface area contributed by atoms with Crippen LogP contribution in [-0.2, 0) is 0 Å². The van der Waals surface area contributed by atoms with Gasteiger partial charge >= 0.3 is 0 Å². The summed E-state index contributed by atoms with van der Waals surface area (Å²) in [7, 11) is 0. The molecule has 2 rings (SSSR count). The van der Waals surface area contributed by atoms with Crippen LogP contribution in [0.15, 0.2) is 0 Å². The van der Waals surface area contributed by atoms with Crippen LogP contribution in [0, 0.1) is 5.92 Å². The lowest BCUT2D eigenvalue weighted by atomic mass is 9.89. The summed E-state index contributed by atoms with van der Waals surface area (Å²) in [5.74, 6) is 3.58. The first-order chi connectivity index (χ1) is 5.84. The molecule has 0 aromatic heterocycles. The summed E-state index contributed by atoms with van der Waals surface area (Å²) in [6.07, 6.45) is 3.31. The molecular weight excluding hydrogens is 170 g/mol. The van der Waals surface area contributed by atoms with Gasteiger partial charge in [-0.1, -0.05) is 0 Å². The van der Waals surface area contributed by atoms with E-state index in [4.69, 9.17) is 5.11 Å². The Hall–Kier alpha value is 0.270. The number of nitrogens with one attached hydrogen (secondary N) is 1. The zero-order chi connectivity index (χ0) is 8.39. The van der Waals surface area contributed by atoms with Crippen molar-refractivity contribution in [2.45, 2.75) is 31.4 Å². The van der Waals surface area contributed by atoms with Gasteiger partial charge in [-0.2, -0.15) is 11.8 Å². The fraction of sp³-hybridized carbons (Fsp3) is 1.00. The molecule has 1 unspecified atom stereocenters. The second-order valence-corrected chi connectivity index (χ2v) is 5.11. The third-order valence-electron chi connectivity index (χ3n) is 2.83. The summed E-state index contributed by atoms with van der Waals surface area (Å²) in [5, 5.41) is 12.6. The summed E-state index contributed by atoms with van der Waals surface area (Å²) in [6, 6.07) is 0.616. The van der Waals surface area contributed by atoms with E-state index in [9.17, 15) is 0 Å². The maximum absolute atomic E-state index is 9.07. The molecule has 0 aromatic carbocycles. The molecule has 1 saturated carbocycles. The van der Waals surface area contributed by atoms with Crippen LogP contribution in [0.25, 0.3) is 0 Å². The molecule has 1 atom stereocenters. The molecule has 1 heterocycles. The summed E-state index contributed by atoms with van der Waals surface area (Å²) < 4.78 is 0. The first-order valence-electron chi connectivity index (χ1n) is 4.84. The highest BCUT2D eigenvalue weighted by Crippen LogP contribution is 2.24. The van der Waals surface area contributed by atoms with Gasteiger partial charge in [0.1, 0.15) is 0 Å². The number of hydrogen-bond acceptors (Lipinski definition) is 3. The second kappa shape index (κ2) is 3.99. The van der Waals surface area contributed by atoms with Gasteiger partial charge in [0.15, 0.2) is 0 Å². The average molecular weight is 187 g/mol. The summed E-state index contributed by atoms with van der Waals surface area (Å²) in [4.78, 5) is 0. The van der Waals surface area contributed by atoms with Gasteiger partial charge in [0.25, 0.3) is 0 Å². The van der Waals surface area contributed by atoms with Crippen LogP contribution in [0.1, 0.15) is 19.3 Å². The Balaban J connectivity index is 1.56. The number of rotatable bonds is 3. The zero-order valence-corrected chi connectivity index (χ0v) is 8.15. The van der Waals surface area contributed by atoms with Crippen molar-refractivity contribution in [3.05, 3.63) is 0 Å². The Labute approximate surface area is 78.1 Å². The molecule has 2 aliphatic rings. The molecule has 12 heavy (non-hydrogen) atoms. The lowest BCUT2D eigenvalue weighted by Gasteiger charge is -2.32. The predicted molar refractivity (Wildman–Crippen MR) is 52.5 cm³/mol. The van der Waals surface area contributed by atoms with Crippen molar-refractivity contribution in [3.8, 4) is 0 Å². The average Bonchev–Trinajstić information content (AvgIpc) is 2.47. The molecule has 2 N–H and O–H groups in total. The van der Waals surface area contributed by atoms with Gasteiger partial charge in [-0.15, -0.1) is 0 Å². The zero-order valence-electron chi connectivity index (χ0n) is 7.33. The molecule has 1 aliphatic carbocycles. The lowest BCUT2D eigenvalue weighted by Crippen LogP contribution is -2.45. The Morgan fingerprint density at radius 2 is 2.25 bits per heavy atom. The van der Waals surface area contributed by atoms with Gasteiger partial charge < -0.3 is 10.4 Å². The molecule has 0 radical (unpaired) electrons. The Bertz CT molecular complexity index is 141. The molecule has 3 heteroatoms. The van der Waals surface area contributed by atoms with Crippen LogP contribution in [0.4, 0.5) is 0 Å². The number of thioether (sulfide) groups is 1. The van der Waals surface area contributed by atoms with Crippen LogP contribution < -0.4 is 5.32 Å². The van der Waals surface area contributed by atoms with Gasteiger partial charge in [-0.3, -0.25) is 0 Å². The summed E-state index contributed by atoms with van der Waals surface area (Å²) in [5.41, 5.74) is 0. The molecule has 1 aliphatic heterocycles. The molecule has 0 aromatic rings. The largest absolute Gasteiger partial charge is 0.393 e. The number of aliphatic hydroxyl groups is 1. The highest BCUT2D eigenvalue weighted by atomic mass is 32.2. The Morgan fingerprint density at radius 1 is 1.42 bits per heavy atom. The fourth-order valence-electron chi connectivity index (χ4n) is 1.83.